The van der Waals surface area contributed by atoms with Crippen molar-refractivity contribution in [1.29, 1.82) is 0 Å². The first-order valence-corrected chi connectivity index (χ1v) is 11.2. The molecule has 0 aliphatic carbocycles. The Kier molecular flexibility index (Phi) is 6.78. The molecule has 3 N–H and O–H groups in total. The van der Waals surface area contributed by atoms with E-state index in [-0.39, 0.29) is 26.8 Å². The summed E-state index contributed by atoms with van der Waals surface area (Å²) >= 11 is 1.05. The van der Waals surface area contributed by atoms with Crippen molar-refractivity contribution in [3.05, 3.63) is 71.1 Å². The number of hydrogen-bond donors (Lipinski definition) is 3. The van der Waals surface area contributed by atoms with E-state index < -0.39 is 21.8 Å². The van der Waals surface area contributed by atoms with Crippen molar-refractivity contribution in [2.24, 2.45) is 0 Å². The van der Waals surface area contributed by atoms with Crippen molar-refractivity contribution < 1.29 is 27.5 Å². The summed E-state index contributed by atoms with van der Waals surface area (Å²) in [4.78, 5) is 25.1. The van der Waals surface area contributed by atoms with Crippen LogP contribution in [0, 0.1) is 0 Å². The smallest absolute Gasteiger partial charge is 0.273 e. The van der Waals surface area contributed by atoms with Crippen LogP contribution < -0.4 is 25.0 Å². The molecule has 0 atom stereocenters. The van der Waals surface area contributed by atoms with Gasteiger partial charge in [0.25, 0.3) is 21.8 Å². The number of methoxy groups -OCH3 is 2. The lowest BCUT2D eigenvalue weighted by molar-refractivity contribution is 0.0845. The number of para-hydroxylation sites is 1. The number of thiophene rings is 1. The van der Waals surface area contributed by atoms with Crippen molar-refractivity contribution in [3.63, 3.8) is 0 Å². The molecule has 31 heavy (non-hydrogen) atoms. The molecule has 0 saturated carbocycles. The maximum atomic E-state index is 12.6. The molecule has 0 saturated heterocycles. The lowest BCUT2D eigenvalue weighted by Crippen LogP contribution is -2.42. The van der Waals surface area contributed by atoms with Gasteiger partial charge in [-0.1, -0.05) is 18.2 Å². The molecule has 0 fully saturated rings. The number of benzene rings is 2. The molecule has 0 unspecified atom stereocenters. The number of ether oxygens (including phenoxy) is 2. The third kappa shape index (κ3) is 5.13. The molecule has 1 heterocycles. The van der Waals surface area contributed by atoms with E-state index in [2.05, 4.69) is 15.6 Å². The van der Waals surface area contributed by atoms with Gasteiger partial charge in [0.15, 0.2) is 0 Å². The Morgan fingerprint density at radius 1 is 0.871 bits per heavy atom. The maximum absolute atomic E-state index is 12.6. The summed E-state index contributed by atoms with van der Waals surface area (Å²) in [7, 11) is -0.955. The fourth-order valence-corrected chi connectivity index (χ4v) is 4.69. The number of carbonyl (C=O) groups is 2. The van der Waals surface area contributed by atoms with Crippen molar-refractivity contribution in [3.8, 4) is 11.5 Å². The van der Waals surface area contributed by atoms with Crippen LogP contribution in [0.2, 0.25) is 0 Å². The summed E-state index contributed by atoms with van der Waals surface area (Å²) < 4.78 is 37.8. The molecule has 3 aromatic rings. The van der Waals surface area contributed by atoms with E-state index in [9.17, 15) is 18.0 Å². The number of hydrogen-bond acceptors (Lipinski definition) is 7. The summed E-state index contributed by atoms with van der Waals surface area (Å²) in [5.41, 5.74) is 4.86. The molecule has 0 radical (unpaired) electrons. The SMILES string of the molecule is COc1ccc(C(=O)NNC(=O)c2ccccc2NS(=O)(=O)c2cccs2)c(OC)c1. The molecule has 1 aromatic heterocycles. The maximum Gasteiger partial charge on any atom is 0.273 e. The van der Waals surface area contributed by atoms with Crippen LogP contribution in [0.4, 0.5) is 5.69 Å². The topological polar surface area (TPSA) is 123 Å². The highest BCUT2D eigenvalue weighted by atomic mass is 32.2. The molecule has 2 aromatic carbocycles. The zero-order chi connectivity index (χ0) is 22.4. The second-order valence-electron chi connectivity index (χ2n) is 6.06. The Hall–Kier alpha value is -3.57. The zero-order valence-electron chi connectivity index (χ0n) is 16.5. The number of rotatable bonds is 7. The molecule has 11 heteroatoms. The zero-order valence-corrected chi connectivity index (χ0v) is 18.2. The van der Waals surface area contributed by atoms with Crippen LogP contribution in [-0.4, -0.2) is 34.5 Å². The molecular formula is C20H19N3O6S2. The predicted octanol–water partition coefficient (Wildman–Crippen LogP) is 2.64. The van der Waals surface area contributed by atoms with Gasteiger partial charge < -0.3 is 9.47 Å². The molecule has 0 bridgehead atoms. The van der Waals surface area contributed by atoms with E-state index in [1.54, 1.807) is 29.6 Å². The minimum absolute atomic E-state index is 0.0321. The predicted molar refractivity (Wildman–Crippen MR) is 116 cm³/mol. The molecule has 3 rings (SSSR count). The van der Waals surface area contributed by atoms with Crippen LogP contribution in [0.15, 0.2) is 64.2 Å². The van der Waals surface area contributed by atoms with Gasteiger partial charge in [-0.25, -0.2) is 8.42 Å². The third-order valence-electron chi connectivity index (χ3n) is 4.12. The summed E-state index contributed by atoms with van der Waals surface area (Å²) in [6.07, 6.45) is 0. The Bertz CT molecular complexity index is 1190. The third-order valence-corrected chi connectivity index (χ3v) is 6.88. The van der Waals surface area contributed by atoms with Crippen molar-refractivity contribution in [1.82, 2.24) is 10.9 Å². The van der Waals surface area contributed by atoms with E-state index in [0.29, 0.717) is 5.75 Å². The molecule has 0 aliphatic rings. The Morgan fingerprint density at radius 3 is 2.23 bits per heavy atom. The molecule has 0 aliphatic heterocycles. The van der Waals surface area contributed by atoms with Gasteiger partial charge in [-0.15, -0.1) is 11.3 Å². The van der Waals surface area contributed by atoms with Gasteiger partial charge in [-0.2, -0.15) is 0 Å². The van der Waals surface area contributed by atoms with Crippen LogP contribution in [0.25, 0.3) is 0 Å². The standard InChI is InChI=1S/C20H19N3O6S2/c1-28-13-9-10-15(17(12-13)29-2)20(25)22-21-19(24)14-6-3-4-7-16(14)23-31(26,27)18-8-5-11-30-18/h3-12,23H,1-2H3,(H,21,24)(H,22,25). The number of carbonyl (C=O) groups excluding carboxylic acids is 2. The lowest BCUT2D eigenvalue weighted by Gasteiger charge is -2.14. The van der Waals surface area contributed by atoms with Gasteiger partial charge in [0.2, 0.25) is 0 Å². The highest BCUT2D eigenvalue weighted by molar-refractivity contribution is 7.94. The minimum atomic E-state index is -3.84. The number of anilines is 1. The van der Waals surface area contributed by atoms with Gasteiger partial charge in [-0.3, -0.25) is 25.2 Å². The Balaban J connectivity index is 1.74. The van der Waals surface area contributed by atoms with Crippen molar-refractivity contribution in [2.75, 3.05) is 18.9 Å². The average molecular weight is 462 g/mol. The number of hydrazine groups is 1. The van der Waals surface area contributed by atoms with Crippen LogP contribution in [-0.2, 0) is 10.0 Å². The molecule has 162 valence electrons. The van der Waals surface area contributed by atoms with Gasteiger partial charge in [-0.05, 0) is 35.7 Å². The fraction of sp³-hybridized carbons (Fsp3) is 0.100. The highest BCUT2D eigenvalue weighted by Gasteiger charge is 2.20. The second-order valence-corrected chi connectivity index (χ2v) is 8.91. The summed E-state index contributed by atoms with van der Waals surface area (Å²) in [6, 6.07) is 13.7. The average Bonchev–Trinajstić information content (AvgIpc) is 3.33. The van der Waals surface area contributed by atoms with Crippen LogP contribution >= 0.6 is 11.3 Å². The minimum Gasteiger partial charge on any atom is -0.497 e. The van der Waals surface area contributed by atoms with Gasteiger partial charge >= 0.3 is 0 Å². The first kappa shape index (κ1) is 22.1. The van der Waals surface area contributed by atoms with E-state index in [0.717, 1.165) is 11.3 Å². The van der Waals surface area contributed by atoms with Gasteiger partial charge in [0, 0.05) is 6.07 Å². The molecular weight excluding hydrogens is 442 g/mol. The van der Waals surface area contributed by atoms with E-state index in [1.165, 1.54) is 44.6 Å². The van der Waals surface area contributed by atoms with E-state index in [4.69, 9.17) is 9.47 Å². The normalized spacial score (nSPS) is 10.8. The molecule has 0 spiro atoms. The summed E-state index contributed by atoms with van der Waals surface area (Å²) in [6.45, 7) is 0. The summed E-state index contributed by atoms with van der Waals surface area (Å²) in [5, 5.41) is 1.64. The lowest BCUT2D eigenvalue weighted by atomic mass is 10.1. The van der Waals surface area contributed by atoms with Gasteiger partial charge in [0.1, 0.15) is 15.7 Å². The monoisotopic (exact) mass is 461 g/mol. The summed E-state index contributed by atoms with van der Waals surface area (Å²) in [5.74, 6) is -0.561. The largest absolute Gasteiger partial charge is 0.497 e. The van der Waals surface area contributed by atoms with Crippen LogP contribution in [0.3, 0.4) is 0 Å². The first-order chi connectivity index (χ1) is 14.9. The quantitative estimate of drug-likeness (QED) is 0.465. The number of nitrogens with one attached hydrogen (secondary N) is 3. The van der Waals surface area contributed by atoms with E-state index in [1.807, 2.05) is 0 Å². The van der Waals surface area contributed by atoms with E-state index >= 15 is 0 Å². The van der Waals surface area contributed by atoms with Crippen molar-refractivity contribution in [2.45, 2.75) is 4.21 Å². The Morgan fingerprint density at radius 2 is 1.58 bits per heavy atom. The number of amides is 2. The van der Waals surface area contributed by atoms with Crippen molar-refractivity contribution >= 4 is 38.9 Å². The fourth-order valence-electron chi connectivity index (χ4n) is 2.62. The van der Waals surface area contributed by atoms with Crippen LogP contribution in [0.5, 0.6) is 11.5 Å². The van der Waals surface area contributed by atoms with Gasteiger partial charge in [0.05, 0.1) is 31.0 Å². The molecule has 2 amide bonds. The van der Waals surface area contributed by atoms with Crippen LogP contribution in [0.1, 0.15) is 20.7 Å². The second kappa shape index (κ2) is 9.49. The molecule has 9 nitrogen and oxygen atoms in total. The first-order valence-electron chi connectivity index (χ1n) is 8.84. The Labute approximate surface area is 183 Å². The number of sulfonamides is 1. The highest BCUT2D eigenvalue weighted by Crippen LogP contribution is 2.25.